The molecule has 0 radical (unpaired) electrons. The maximum atomic E-state index is 13.6. The molecule has 7 nitrogen and oxygen atoms in total. The van der Waals surface area contributed by atoms with Crippen molar-refractivity contribution >= 4 is 11.6 Å². The predicted octanol–water partition coefficient (Wildman–Crippen LogP) is 5.76. The Morgan fingerprint density at radius 1 is 1.21 bits per heavy atom. The third-order valence-corrected chi connectivity index (χ3v) is 5.95. The largest absolute Gasteiger partial charge is 0.586 e. The van der Waals surface area contributed by atoms with Crippen LogP contribution in [0, 0.1) is 0 Å². The molecule has 2 aliphatic rings. The maximum absolute atomic E-state index is 13.6. The summed E-state index contributed by atoms with van der Waals surface area (Å²) in [4.78, 5) is 0. The SMILES string of the molecule is C[C@H](Oc1cc(-n2nc(C(F)(F)F)c3c2C(Cl)CCC3)cnn1)c1ccc2c(c1)OC(F)(F)O2. The Bertz CT molecular complexity index is 1250. The quantitative estimate of drug-likeness (QED) is 0.334. The lowest BCUT2D eigenvalue weighted by atomic mass is 9.95. The number of alkyl halides is 6. The molecule has 34 heavy (non-hydrogen) atoms. The lowest BCUT2D eigenvalue weighted by Gasteiger charge is -2.20. The van der Waals surface area contributed by atoms with Gasteiger partial charge in [-0.2, -0.15) is 23.4 Å². The van der Waals surface area contributed by atoms with Gasteiger partial charge in [0.2, 0.25) is 5.88 Å². The monoisotopic (exact) mass is 502 g/mol. The number of nitrogens with zero attached hydrogens (tertiary/aromatic N) is 4. The molecule has 0 amide bonds. The normalized spacial score (nSPS) is 19.6. The predicted molar refractivity (Wildman–Crippen MR) is 107 cm³/mol. The van der Waals surface area contributed by atoms with Gasteiger partial charge < -0.3 is 14.2 Å². The highest BCUT2D eigenvalue weighted by atomic mass is 35.5. The number of halogens is 6. The highest BCUT2D eigenvalue weighted by Gasteiger charge is 2.44. The Morgan fingerprint density at radius 2 is 1.97 bits per heavy atom. The molecule has 0 saturated carbocycles. The summed E-state index contributed by atoms with van der Waals surface area (Å²) in [5.74, 6) is -0.260. The van der Waals surface area contributed by atoms with Crippen LogP contribution in [0.15, 0.2) is 30.5 Å². The van der Waals surface area contributed by atoms with Crippen LogP contribution < -0.4 is 14.2 Å². The van der Waals surface area contributed by atoms with E-state index in [1.165, 1.54) is 30.5 Å². The first-order chi connectivity index (χ1) is 16.0. The Balaban J connectivity index is 1.44. The van der Waals surface area contributed by atoms with Gasteiger partial charge in [-0.3, -0.25) is 0 Å². The molecule has 0 N–H and O–H groups in total. The van der Waals surface area contributed by atoms with E-state index in [2.05, 4.69) is 24.8 Å². The molecule has 2 atom stereocenters. The first-order valence-electron chi connectivity index (χ1n) is 10.2. The van der Waals surface area contributed by atoms with E-state index in [4.69, 9.17) is 16.3 Å². The van der Waals surface area contributed by atoms with Crippen molar-refractivity contribution in [1.29, 1.82) is 0 Å². The molecule has 13 heteroatoms. The van der Waals surface area contributed by atoms with Crippen molar-refractivity contribution in [3.8, 4) is 23.1 Å². The number of hydrogen-bond donors (Lipinski definition) is 0. The molecule has 1 aliphatic heterocycles. The molecule has 3 aromatic rings. The standard InChI is InChI=1S/C21H16ClF5N4O3/c1-10(11-5-6-15-16(7-11)34-21(26,27)33-15)32-17-8-12(9-28-29-17)31-18-13(3-2-4-14(18)22)19(30-31)20(23,24)25/h5-10,14H,2-4H2,1H3/t10-,14?/m0/s1. The van der Waals surface area contributed by atoms with E-state index in [1.807, 2.05) is 0 Å². The summed E-state index contributed by atoms with van der Waals surface area (Å²) in [5.41, 5.74) is 0.0379. The first kappa shape index (κ1) is 22.6. The molecule has 2 aromatic heterocycles. The number of ether oxygens (including phenoxy) is 3. The fourth-order valence-corrected chi connectivity index (χ4v) is 4.41. The molecule has 0 saturated heterocycles. The second-order valence-corrected chi connectivity index (χ2v) is 8.39. The number of fused-ring (bicyclic) bond motifs is 2. The van der Waals surface area contributed by atoms with Crippen molar-refractivity contribution in [3.05, 3.63) is 53.0 Å². The van der Waals surface area contributed by atoms with Crippen molar-refractivity contribution in [2.24, 2.45) is 0 Å². The lowest BCUT2D eigenvalue weighted by Crippen LogP contribution is -2.25. The van der Waals surface area contributed by atoms with Gasteiger partial charge in [-0.1, -0.05) is 6.07 Å². The summed E-state index contributed by atoms with van der Waals surface area (Å²) >= 11 is 6.37. The zero-order valence-electron chi connectivity index (χ0n) is 17.4. The van der Waals surface area contributed by atoms with Gasteiger partial charge in [0, 0.05) is 11.6 Å². The summed E-state index contributed by atoms with van der Waals surface area (Å²) in [5, 5.41) is 10.8. The zero-order valence-corrected chi connectivity index (χ0v) is 18.2. The highest BCUT2D eigenvalue weighted by molar-refractivity contribution is 6.20. The number of rotatable bonds is 4. The van der Waals surface area contributed by atoms with Gasteiger partial charge in [0.25, 0.3) is 0 Å². The maximum Gasteiger partial charge on any atom is 0.586 e. The van der Waals surface area contributed by atoms with Gasteiger partial charge in [-0.05, 0) is 43.9 Å². The van der Waals surface area contributed by atoms with Crippen molar-refractivity contribution in [2.45, 2.75) is 50.1 Å². The molecule has 3 heterocycles. The summed E-state index contributed by atoms with van der Waals surface area (Å²) in [6, 6.07) is 5.57. The van der Waals surface area contributed by atoms with Crippen LogP contribution in [0.4, 0.5) is 22.0 Å². The van der Waals surface area contributed by atoms with E-state index in [0.29, 0.717) is 18.4 Å². The molecule has 0 spiro atoms. The number of hydrogen-bond acceptors (Lipinski definition) is 6. The van der Waals surface area contributed by atoms with Gasteiger partial charge in [-0.15, -0.1) is 25.5 Å². The van der Waals surface area contributed by atoms with Crippen LogP contribution >= 0.6 is 11.6 Å². The highest BCUT2D eigenvalue weighted by Crippen LogP contribution is 2.44. The molecular formula is C21H16ClF5N4O3. The van der Waals surface area contributed by atoms with Crippen molar-refractivity contribution in [1.82, 2.24) is 20.0 Å². The molecule has 0 bridgehead atoms. The summed E-state index contributed by atoms with van der Waals surface area (Å²) in [7, 11) is 0. The van der Waals surface area contributed by atoms with Crippen LogP contribution in [0.1, 0.15) is 53.8 Å². The summed E-state index contributed by atoms with van der Waals surface area (Å²) in [6.45, 7) is 1.64. The lowest BCUT2D eigenvalue weighted by molar-refractivity contribution is -0.286. The van der Waals surface area contributed by atoms with Crippen molar-refractivity contribution in [2.75, 3.05) is 0 Å². The van der Waals surface area contributed by atoms with E-state index in [0.717, 1.165) is 4.68 Å². The van der Waals surface area contributed by atoms with Gasteiger partial charge in [0.1, 0.15) is 6.10 Å². The molecule has 0 fully saturated rings. The van der Waals surface area contributed by atoms with E-state index in [1.54, 1.807) is 6.92 Å². The number of benzene rings is 1. The summed E-state index contributed by atoms with van der Waals surface area (Å²) < 4.78 is 83.0. The smallest absolute Gasteiger partial charge is 0.469 e. The van der Waals surface area contributed by atoms with E-state index in [-0.39, 0.29) is 40.7 Å². The van der Waals surface area contributed by atoms with Crippen molar-refractivity contribution in [3.63, 3.8) is 0 Å². The Morgan fingerprint density at radius 3 is 2.74 bits per heavy atom. The zero-order chi connectivity index (χ0) is 24.3. The Kier molecular flexibility index (Phi) is 5.30. The van der Waals surface area contributed by atoms with Crippen molar-refractivity contribution < 1.29 is 36.2 Å². The molecule has 1 aromatic carbocycles. The van der Waals surface area contributed by atoms with Gasteiger partial charge in [0.05, 0.1) is 23.0 Å². The van der Waals surface area contributed by atoms with Crippen LogP contribution in [0.2, 0.25) is 0 Å². The average Bonchev–Trinajstić information content (AvgIpc) is 3.30. The van der Waals surface area contributed by atoms with Crippen LogP contribution in [0.5, 0.6) is 17.4 Å². The van der Waals surface area contributed by atoms with E-state index in [9.17, 15) is 22.0 Å². The minimum absolute atomic E-state index is 0.00672. The third kappa shape index (κ3) is 4.10. The Labute approximate surface area is 194 Å². The second-order valence-electron chi connectivity index (χ2n) is 7.87. The molecular weight excluding hydrogens is 487 g/mol. The van der Waals surface area contributed by atoms with E-state index >= 15 is 0 Å². The Hall–Kier alpha value is -3.15. The molecule has 5 rings (SSSR count). The topological polar surface area (TPSA) is 71.3 Å². The van der Waals surface area contributed by atoms with Gasteiger partial charge >= 0.3 is 12.5 Å². The molecule has 1 unspecified atom stereocenters. The molecule has 180 valence electrons. The number of aromatic nitrogens is 4. The second kappa shape index (κ2) is 7.97. The van der Waals surface area contributed by atoms with Crippen LogP contribution in [-0.4, -0.2) is 26.3 Å². The average molecular weight is 503 g/mol. The van der Waals surface area contributed by atoms with Crippen LogP contribution in [0.25, 0.3) is 5.69 Å². The summed E-state index contributed by atoms with van der Waals surface area (Å²) in [6.07, 6.45) is -6.55. The van der Waals surface area contributed by atoms with E-state index < -0.39 is 29.6 Å². The minimum Gasteiger partial charge on any atom is -0.469 e. The third-order valence-electron chi connectivity index (χ3n) is 5.53. The van der Waals surface area contributed by atoms with Gasteiger partial charge in [0.15, 0.2) is 17.2 Å². The molecule has 1 aliphatic carbocycles. The fraction of sp³-hybridized carbons (Fsp3) is 0.381. The van der Waals surface area contributed by atoms with Crippen LogP contribution in [0.3, 0.4) is 0 Å². The first-order valence-corrected chi connectivity index (χ1v) is 10.7. The fourth-order valence-electron chi connectivity index (χ4n) is 4.03. The van der Waals surface area contributed by atoms with Gasteiger partial charge in [-0.25, -0.2) is 4.68 Å². The minimum atomic E-state index is -4.63. The van der Waals surface area contributed by atoms with Crippen LogP contribution in [-0.2, 0) is 12.6 Å².